The third-order valence-electron chi connectivity index (χ3n) is 2.24. The standard InChI is InChI=1S/C11H16N4O/c1-3-10-9(8-15(2)14-10)11(16)13-7-5-4-6-12/h8H,3-5,7H2,1-2H3,(H,13,16). The van der Waals surface area contributed by atoms with E-state index >= 15 is 0 Å². The van der Waals surface area contributed by atoms with Gasteiger partial charge in [0.25, 0.3) is 5.91 Å². The highest BCUT2D eigenvalue weighted by Crippen LogP contribution is 2.06. The van der Waals surface area contributed by atoms with Gasteiger partial charge < -0.3 is 5.32 Å². The van der Waals surface area contributed by atoms with Gasteiger partial charge in [0, 0.05) is 26.2 Å². The lowest BCUT2D eigenvalue weighted by molar-refractivity contribution is 0.0952. The quantitative estimate of drug-likeness (QED) is 0.753. The maximum atomic E-state index is 11.8. The summed E-state index contributed by atoms with van der Waals surface area (Å²) in [5.74, 6) is -0.108. The van der Waals surface area contributed by atoms with Gasteiger partial charge >= 0.3 is 0 Å². The summed E-state index contributed by atoms with van der Waals surface area (Å²) in [6.45, 7) is 2.50. The van der Waals surface area contributed by atoms with Crippen LogP contribution in [-0.2, 0) is 13.5 Å². The number of aromatic nitrogens is 2. The molecule has 1 aromatic heterocycles. The number of rotatable bonds is 5. The molecule has 0 saturated heterocycles. The van der Waals surface area contributed by atoms with E-state index in [2.05, 4.69) is 10.4 Å². The molecule has 1 rings (SSSR count). The molecule has 0 atom stereocenters. The van der Waals surface area contributed by atoms with E-state index < -0.39 is 0 Å². The van der Waals surface area contributed by atoms with Crippen LogP contribution in [0.1, 0.15) is 35.8 Å². The molecule has 86 valence electrons. The minimum absolute atomic E-state index is 0.108. The van der Waals surface area contributed by atoms with Crippen LogP contribution in [0.25, 0.3) is 0 Å². The Morgan fingerprint density at radius 2 is 2.44 bits per heavy atom. The first-order valence-electron chi connectivity index (χ1n) is 5.36. The van der Waals surface area contributed by atoms with Gasteiger partial charge in [-0.1, -0.05) is 6.92 Å². The van der Waals surface area contributed by atoms with E-state index in [0.29, 0.717) is 24.9 Å². The lowest BCUT2D eigenvalue weighted by Crippen LogP contribution is -2.24. The van der Waals surface area contributed by atoms with Gasteiger partial charge in [-0.15, -0.1) is 0 Å². The largest absolute Gasteiger partial charge is 0.352 e. The van der Waals surface area contributed by atoms with Crippen LogP contribution >= 0.6 is 0 Å². The van der Waals surface area contributed by atoms with Gasteiger partial charge in [0.05, 0.1) is 17.3 Å². The summed E-state index contributed by atoms with van der Waals surface area (Å²) in [7, 11) is 1.80. The number of amides is 1. The van der Waals surface area contributed by atoms with Crippen molar-refractivity contribution in [1.82, 2.24) is 15.1 Å². The maximum absolute atomic E-state index is 11.8. The average Bonchev–Trinajstić information content (AvgIpc) is 2.65. The van der Waals surface area contributed by atoms with Gasteiger partial charge in [-0.2, -0.15) is 10.4 Å². The van der Waals surface area contributed by atoms with Crippen LogP contribution in [-0.4, -0.2) is 22.2 Å². The third kappa shape index (κ3) is 3.09. The van der Waals surface area contributed by atoms with Crippen molar-refractivity contribution in [3.8, 4) is 6.07 Å². The molecule has 0 unspecified atom stereocenters. The number of hydrogen-bond acceptors (Lipinski definition) is 3. The smallest absolute Gasteiger partial charge is 0.254 e. The van der Waals surface area contributed by atoms with Gasteiger partial charge in [-0.25, -0.2) is 0 Å². The molecule has 0 radical (unpaired) electrons. The van der Waals surface area contributed by atoms with Crippen LogP contribution in [0, 0.1) is 11.3 Å². The summed E-state index contributed by atoms with van der Waals surface area (Å²) in [5, 5.41) is 15.3. The molecule has 0 aliphatic rings. The van der Waals surface area contributed by atoms with Crippen molar-refractivity contribution < 1.29 is 4.79 Å². The first-order valence-corrected chi connectivity index (χ1v) is 5.36. The molecule has 0 aliphatic heterocycles. The Morgan fingerprint density at radius 1 is 1.69 bits per heavy atom. The molecular weight excluding hydrogens is 204 g/mol. The summed E-state index contributed by atoms with van der Waals surface area (Å²) in [6.07, 6.45) is 3.61. The zero-order valence-corrected chi connectivity index (χ0v) is 9.66. The van der Waals surface area contributed by atoms with E-state index in [0.717, 1.165) is 12.1 Å². The average molecular weight is 220 g/mol. The second kappa shape index (κ2) is 5.91. The molecule has 0 spiro atoms. The van der Waals surface area contributed by atoms with Crippen molar-refractivity contribution in [3.05, 3.63) is 17.5 Å². The van der Waals surface area contributed by atoms with Crippen LogP contribution in [0.5, 0.6) is 0 Å². The van der Waals surface area contributed by atoms with Crippen LogP contribution in [0.3, 0.4) is 0 Å². The molecular formula is C11H16N4O. The van der Waals surface area contributed by atoms with Crippen molar-refractivity contribution >= 4 is 5.91 Å². The monoisotopic (exact) mass is 220 g/mol. The normalized spacial score (nSPS) is 9.81. The topological polar surface area (TPSA) is 70.7 Å². The van der Waals surface area contributed by atoms with Crippen LogP contribution in [0.15, 0.2) is 6.20 Å². The lowest BCUT2D eigenvalue weighted by Gasteiger charge is -2.02. The summed E-state index contributed by atoms with van der Waals surface area (Å²) in [5.41, 5.74) is 1.43. The van der Waals surface area contributed by atoms with E-state index in [1.807, 2.05) is 13.0 Å². The molecule has 0 saturated carbocycles. The number of unbranched alkanes of at least 4 members (excludes halogenated alkanes) is 1. The minimum Gasteiger partial charge on any atom is -0.352 e. The first kappa shape index (κ1) is 12.2. The second-order valence-electron chi connectivity index (χ2n) is 3.53. The number of nitrogens with zero attached hydrogens (tertiary/aromatic N) is 3. The molecule has 0 aliphatic carbocycles. The van der Waals surface area contributed by atoms with Crippen molar-refractivity contribution in [2.75, 3.05) is 6.54 Å². The fourth-order valence-corrected chi connectivity index (χ4v) is 1.45. The highest BCUT2D eigenvalue weighted by Gasteiger charge is 2.13. The maximum Gasteiger partial charge on any atom is 0.254 e. The summed E-state index contributed by atoms with van der Waals surface area (Å²) >= 11 is 0. The van der Waals surface area contributed by atoms with E-state index in [4.69, 9.17) is 5.26 Å². The Labute approximate surface area is 95.1 Å². The van der Waals surface area contributed by atoms with Gasteiger partial charge in [-0.3, -0.25) is 9.48 Å². The first-order chi connectivity index (χ1) is 7.69. The fourth-order valence-electron chi connectivity index (χ4n) is 1.45. The van der Waals surface area contributed by atoms with Crippen molar-refractivity contribution in [3.63, 3.8) is 0 Å². The summed E-state index contributed by atoms with van der Waals surface area (Å²) < 4.78 is 1.64. The van der Waals surface area contributed by atoms with Crippen LogP contribution in [0.4, 0.5) is 0 Å². The molecule has 1 amide bonds. The Morgan fingerprint density at radius 3 is 3.06 bits per heavy atom. The molecule has 1 aromatic rings. The van der Waals surface area contributed by atoms with E-state index in [9.17, 15) is 4.79 Å². The molecule has 5 nitrogen and oxygen atoms in total. The van der Waals surface area contributed by atoms with Crippen LogP contribution < -0.4 is 5.32 Å². The highest BCUT2D eigenvalue weighted by molar-refractivity contribution is 5.95. The van der Waals surface area contributed by atoms with Crippen LogP contribution in [0.2, 0.25) is 0 Å². The zero-order valence-electron chi connectivity index (χ0n) is 9.66. The van der Waals surface area contributed by atoms with E-state index in [1.54, 1.807) is 17.9 Å². The predicted octanol–water partition coefficient (Wildman–Crippen LogP) is 1.02. The molecule has 16 heavy (non-hydrogen) atoms. The summed E-state index contributed by atoms with van der Waals surface area (Å²) in [4.78, 5) is 11.8. The molecule has 0 bridgehead atoms. The van der Waals surface area contributed by atoms with Gasteiger partial charge in [0.15, 0.2) is 0 Å². The number of nitriles is 1. The van der Waals surface area contributed by atoms with E-state index in [1.165, 1.54) is 0 Å². The third-order valence-corrected chi connectivity index (χ3v) is 2.24. The number of aryl methyl sites for hydroxylation is 2. The fraction of sp³-hybridized carbons (Fsp3) is 0.545. The lowest BCUT2D eigenvalue weighted by atomic mass is 10.2. The molecule has 5 heteroatoms. The predicted molar refractivity (Wildman–Crippen MR) is 59.8 cm³/mol. The SMILES string of the molecule is CCc1nn(C)cc1C(=O)NCCCC#N. The second-order valence-corrected chi connectivity index (χ2v) is 3.53. The van der Waals surface area contributed by atoms with E-state index in [-0.39, 0.29) is 5.91 Å². The molecule has 1 heterocycles. The van der Waals surface area contributed by atoms with Gasteiger partial charge in [-0.05, 0) is 12.8 Å². The van der Waals surface area contributed by atoms with Crippen molar-refractivity contribution in [2.45, 2.75) is 26.2 Å². The van der Waals surface area contributed by atoms with Crippen molar-refractivity contribution in [1.29, 1.82) is 5.26 Å². The highest BCUT2D eigenvalue weighted by atomic mass is 16.1. The number of carbonyl (C=O) groups excluding carboxylic acids is 1. The Hall–Kier alpha value is -1.83. The van der Waals surface area contributed by atoms with Gasteiger partial charge in [0.1, 0.15) is 0 Å². The number of carbonyl (C=O) groups is 1. The minimum atomic E-state index is -0.108. The van der Waals surface area contributed by atoms with Crippen molar-refractivity contribution in [2.24, 2.45) is 7.05 Å². The summed E-state index contributed by atoms with van der Waals surface area (Å²) in [6, 6.07) is 2.04. The Balaban J connectivity index is 2.55. The molecule has 1 N–H and O–H groups in total. The Bertz CT molecular complexity index is 403. The number of hydrogen-bond donors (Lipinski definition) is 1. The number of nitrogens with one attached hydrogen (secondary N) is 1. The molecule has 0 fully saturated rings. The van der Waals surface area contributed by atoms with Gasteiger partial charge in [0.2, 0.25) is 0 Å². The Kier molecular flexibility index (Phi) is 4.52. The zero-order chi connectivity index (χ0) is 12.0. The molecule has 0 aromatic carbocycles.